The number of benzene rings is 2. The van der Waals surface area contributed by atoms with Gasteiger partial charge in [0.15, 0.2) is 0 Å². The summed E-state index contributed by atoms with van der Waals surface area (Å²) in [6.45, 7) is 1.81. The van der Waals surface area contributed by atoms with E-state index < -0.39 is 0 Å². The van der Waals surface area contributed by atoms with Gasteiger partial charge in [-0.15, -0.1) is 0 Å². The van der Waals surface area contributed by atoms with E-state index in [2.05, 4.69) is 0 Å². The van der Waals surface area contributed by atoms with Crippen LogP contribution in [0.3, 0.4) is 0 Å². The van der Waals surface area contributed by atoms with Crippen LogP contribution in [0.5, 0.6) is 0 Å². The molecule has 1 aliphatic rings. The van der Waals surface area contributed by atoms with E-state index in [9.17, 15) is 14.0 Å². The lowest BCUT2D eigenvalue weighted by Crippen LogP contribution is -2.46. The molecule has 1 aliphatic heterocycles. The van der Waals surface area contributed by atoms with Gasteiger partial charge in [0.05, 0.1) is 18.7 Å². The summed E-state index contributed by atoms with van der Waals surface area (Å²) in [5.74, 6) is -0.0936. The number of piperidine rings is 1. The lowest BCUT2D eigenvalue weighted by atomic mass is 9.95. The average molecular weight is 420 g/mol. The van der Waals surface area contributed by atoms with Crippen molar-refractivity contribution in [1.82, 2.24) is 9.80 Å². The zero-order valence-electron chi connectivity index (χ0n) is 17.2. The van der Waals surface area contributed by atoms with Crippen LogP contribution < -0.4 is 0 Å². The molecule has 0 spiro atoms. The second-order valence-corrected chi connectivity index (χ2v) is 7.86. The topological polar surface area (TPSA) is 53.8 Å². The van der Waals surface area contributed by atoms with Gasteiger partial charge in [0.25, 0.3) is 5.91 Å². The monoisotopic (exact) mass is 420 g/mol. The number of likely N-dealkylation sites (tertiary alicyclic amines) is 1. The molecule has 0 radical (unpaired) electrons. The van der Waals surface area contributed by atoms with Gasteiger partial charge in [-0.1, -0.05) is 30.3 Å². The summed E-state index contributed by atoms with van der Waals surface area (Å²) in [6, 6.07) is 19.0. The fourth-order valence-electron chi connectivity index (χ4n) is 4.00. The highest BCUT2D eigenvalue weighted by Crippen LogP contribution is 2.23. The number of carbonyl (C=O) groups is 2. The van der Waals surface area contributed by atoms with E-state index in [0.717, 1.165) is 24.2 Å². The molecule has 2 aromatic carbocycles. The molecule has 1 aromatic heterocycles. The van der Waals surface area contributed by atoms with Crippen molar-refractivity contribution < 1.29 is 18.4 Å². The summed E-state index contributed by atoms with van der Waals surface area (Å²) in [5.41, 5.74) is 1.48. The molecule has 6 heteroatoms. The molecule has 0 aliphatic carbocycles. The largest absolute Gasteiger partial charge is 0.467 e. The highest BCUT2D eigenvalue weighted by atomic mass is 19.1. The standard InChI is InChI=1S/C25H25FN2O3/c26-22-12-10-20(11-13-22)24(29)27-14-4-8-21(17-27)25(30)28(18-23-9-5-15-31-23)16-19-6-2-1-3-7-19/h1-3,5-7,9-13,15,21H,4,8,14,16-18H2. The summed E-state index contributed by atoms with van der Waals surface area (Å²) in [7, 11) is 0. The molecule has 0 bridgehead atoms. The molecule has 0 saturated carbocycles. The molecule has 3 aromatic rings. The number of furan rings is 1. The minimum atomic E-state index is -0.377. The van der Waals surface area contributed by atoms with Crippen LogP contribution in [0.1, 0.15) is 34.5 Å². The third-order valence-corrected chi connectivity index (χ3v) is 5.60. The third-order valence-electron chi connectivity index (χ3n) is 5.60. The number of rotatable bonds is 6. The van der Waals surface area contributed by atoms with E-state index in [1.54, 1.807) is 16.1 Å². The Morgan fingerprint density at radius 2 is 1.77 bits per heavy atom. The Morgan fingerprint density at radius 3 is 2.48 bits per heavy atom. The van der Waals surface area contributed by atoms with Crippen LogP contribution in [-0.2, 0) is 17.9 Å². The highest BCUT2D eigenvalue weighted by Gasteiger charge is 2.32. The first-order valence-corrected chi connectivity index (χ1v) is 10.5. The number of hydrogen-bond donors (Lipinski definition) is 0. The Balaban J connectivity index is 1.48. The van der Waals surface area contributed by atoms with Gasteiger partial charge in [-0.25, -0.2) is 4.39 Å². The molecule has 5 nitrogen and oxygen atoms in total. The zero-order chi connectivity index (χ0) is 21.6. The minimum absolute atomic E-state index is 0.0110. The van der Waals surface area contributed by atoms with Gasteiger partial charge >= 0.3 is 0 Å². The number of carbonyl (C=O) groups excluding carboxylic acids is 2. The lowest BCUT2D eigenvalue weighted by molar-refractivity contribution is -0.138. The first-order chi connectivity index (χ1) is 15.1. The average Bonchev–Trinajstić information content (AvgIpc) is 3.32. The van der Waals surface area contributed by atoms with Crippen LogP contribution in [-0.4, -0.2) is 34.7 Å². The second-order valence-electron chi connectivity index (χ2n) is 7.86. The Hall–Kier alpha value is -3.41. The van der Waals surface area contributed by atoms with E-state index in [-0.39, 0.29) is 23.5 Å². The molecule has 2 amide bonds. The van der Waals surface area contributed by atoms with Gasteiger partial charge in [0.1, 0.15) is 11.6 Å². The van der Waals surface area contributed by atoms with Crippen molar-refractivity contribution in [2.75, 3.05) is 13.1 Å². The van der Waals surface area contributed by atoms with Gasteiger partial charge in [-0.3, -0.25) is 9.59 Å². The van der Waals surface area contributed by atoms with Crippen molar-refractivity contribution in [2.45, 2.75) is 25.9 Å². The van der Waals surface area contributed by atoms with Gasteiger partial charge in [-0.05, 0) is 54.8 Å². The molecule has 1 fully saturated rings. The van der Waals surface area contributed by atoms with Crippen LogP contribution in [0.15, 0.2) is 77.4 Å². The summed E-state index contributed by atoms with van der Waals surface area (Å²) in [6.07, 6.45) is 3.09. The Kier molecular flexibility index (Phi) is 6.46. The van der Waals surface area contributed by atoms with Crippen LogP contribution in [0, 0.1) is 11.7 Å². The number of halogens is 1. The molecule has 160 valence electrons. The summed E-state index contributed by atoms with van der Waals surface area (Å²) < 4.78 is 18.7. The first-order valence-electron chi connectivity index (χ1n) is 10.5. The fraction of sp³-hybridized carbons (Fsp3) is 0.280. The molecular weight excluding hydrogens is 395 g/mol. The number of hydrogen-bond acceptors (Lipinski definition) is 3. The zero-order valence-corrected chi connectivity index (χ0v) is 17.2. The fourth-order valence-corrected chi connectivity index (χ4v) is 4.00. The smallest absolute Gasteiger partial charge is 0.253 e. The van der Waals surface area contributed by atoms with E-state index >= 15 is 0 Å². The van der Waals surface area contributed by atoms with Crippen molar-refractivity contribution >= 4 is 11.8 Å². The summed E-state index contributed by atoms with van der Waals surface area (Å²) >= 11 is 0. The maximum Gasteiger partial charge on any atom is 0.253 e. The first kappa shape index (κ1) is 20.8. The third kappa shape index (κ3) is 5.20. The summed E-state index contributed by atoms with van der Waals surface area (Å²) in [5, 5.41) is 0. The van der Waals surface area contributed by atoms with Crippen LogP contribution >= 0.6 is 0 Å². The predicted molar refractivity (Wildman–Crippen MR) is 114 cm³/mol. The highest BCUT2D eigenvalue weighted by molar-refractivity contribution is 5.94. The van der Waals surface area contributed by atoms with Gasteiger partial charge in [-0.2, -0.15) is 0 Å². The minimum Gasteiger partial charge on any atom is -0.467 e. The van der Waals surface area contributed by atoms with Crippen molar-refractivity contribution in [3.8, 4) is 0 Å². The Bertz CT molecular complexity index is 1000. The van der Waals surface area contributed by atoms with Gasteiger partial charge in [0.2, 0.25) is 5.91 Å². The lowest BCUT2D eigenvalue weighted by Gasteiger charge is -2.35. The van der Waals surface area contributed by atoms with Crippen LogP contribution in [0.2, 0.25) is 0 Å². The molecule has 2 heterocycles. The van der Waals surface area contributed by atoms with Gasteiger partial charge < -0.3 is 14.2 Å². The van der Waals surface area contributed by atoms with E-state index in [1.807, 2.05) is 42.5 Å². The van der Waals surface area contributed by atoms with Crippen LogP contribution in [0.4, 0.5) is 4.39 Å². The number of nitrogens with zero attached hydrogens (tertiary/aromatic N) is 2. The summed E-state index contributed by atoms with van der Waals surface area (Å²) in [4.78, 5) is 29.8. The maximum atomic E-state index is 13.5. The van der Waals surface area contributed by atoms with Crippen molar-refractivity contribution in [1.29, 1.82) is 0 Å². The predicted octanol–water partition coefficient (Wildman–Crippen LogP) is 4.50. The van der Waals surface area contributed by atoms with E-state index in [4.69, 9.17) is 4.42 Å². The van der Waals surface area contributed by atoms with Crippen molar-refractivity contribution in [3.63, 3.8) is 0 Å². The SMILES string of the molecule is O=C(c1ccc(F)cc1)N1CCCC(C(=O)N(Cc2ccccc2)Cc2ccco2)C1. The molecule has 1 atom stereocenters. The molecule has 0 N–H and O–H groups in total. The molecule has 4 rings (SSSR count). The molecule has 1 unspecified atom stereocenters. The normalized spacial score (nSPS) is 16.2. The van der Waals surface area contributed by atoms with Gasteiger partial charge in [0, 0.05) is 25.2 Å². The molecule has 1 saturated heterocycles. The second kappa shape index (κ2) is 9.60. The van der Waals surface area contributed by atoms with Crippen molar-refractivity contribution in [3.05, 3.63) is 95.7 Å². The molecular formula is C25H25FN2O3. The van der Waals surface area contributed by atoms with E-state index in [0.29, 0.717) is 31.7 Å². The van der Waals surface area contributed by atoms with E-state index in [1.165, 1.54) is 24.3 Å². The maximum absolute atomic E-state index is 13.5. The Labute approximate surface area is 181 Å². The van der Waals surface area contributed by atoms with Crippen molar-refractivity contribution in [2.24, 2.45) is 5.92 Å². The quantitative estimate of drug-likeness (QED) is 0.590. The Morgan fingerprint density at radius 1 is 1.00 bits per heavy atom. The number of amides is 2. The molecule has 31 heavy (non-hydrogen) atoms. The van der Waals surface area contributed by atoms with Crippen LogP contribution in [0.25, 0.3) is 0 Å².